The predicted octanol–water partition coefficient (Wildman–Crippen LogP) is 2.10. The molecule has 1 aliphatic heterocycles. The Kier molecular flexibility index (Phi) is 4.38. The molecule has 7 heteroatoms. The van der Waals surface area contributed by atoms with Gasteiger partial charge in [0.25, 0.3) is 0 Å². The second-order valence-electron chi connectivity index (χ2n) is 5.48. The maximum absolute atomic E-state index is 12.8. The predicted molar refractivity (Wildman–Crippen MR) is 93.3 cm³/mol. The molecule has 2 aromatic rings. The van der Waals surface area contributed by atoms with Crippen LogP contribution in [0.3, 0.4) is 0 Å². The summed E-state index contributed by atoms with van der Waals surface area (Å²) < 4.78 is 0. The van der Waals surface area contributed by atoms with E-state index < -0.39 is 0 Å². The maximum Gasteiger partial charge on any atom is 0.240 e. The first-order valence-corrected chi connectivity index (χ1v) is 8.38. The third-order valence-electron chi connectivity index (χ3n) is 3.75. The molecule has 0 saturated heterocycles. The van der Waals surface area contributed by atoms with E-state index in [-0.39, 0.29) is 11.2 Å². The van der Waals surface area contributed by atoms with E-state index in [2.05, 4.69) is 16.0 Å². The lowest BCUT2D eigenvalue weighted by molar-refractivity contribution is -0.117. The van der Waals surface area contributed by atoms with E-state index in [1.165, 1.54) is 23.4 Å². The Morgan fingerprint density at radius 2 is 1.96 bits per heavy atom. The van der Waals surface area contributed by atoms with E-state index in [4.69, 9.17) is 11.5 Å². The van der Waals surface area contributed by atoms with Crippen LogP contribution < -0.4 is 16.4 Å². The topological polar surface area (TPSA) is 98.1 Å². The molecule has 23 heavy (non-hydrogen) atoms. The second-order valence-corrected chi connectivity index (χ2v) is 6.79. The van der Waals surface area contributed by atoms with Gasteiger partial charge in [0.1, 0.15) is 11.6 Å². The minimum atomic E-state index is -0.317. The van der Waals surface area contributed by atoms with Crippen molar-refractivity contribution in [3.05, 3.63) is 35.9 Å². The number of rotatable bonds is 3. The second kappa shape index (κ2) is 6.45. The van der Waals surface area contributed by atoms with Gasteiger partial charge in [-0.25, -0.2) is 9.97 Å². The molecule has 120 valence electrons. The maximum atomic E-state index is 12.8. The number of nitrogens with two attached hydrogens (primary N) is 2. The van der Waals surface area contributed by atoms with Gasteiger partial charge >= 0.3 is 0 Å². The molecule has 0 unspecified atom stereocenters. The van der Waals surface area contributed by atoms with E-state index in [9.17, 15) is 4.79 Å². The lowest BCUT2D eigenvalue weighted by Gasteiger charge is -2.31. The zero-order chi connectivity index (χ0) is 16.4. The number of anilines is 3. The summed E-state index contributed by atoms with van der Waals surface area (Å²) >= 11 is 1.27. The number of nitrogens with zero attached hydrogens (tertiary/aromatic N) is 3. The van der Waals surface area contributed by atoms with Gasteiger partial charge in [-0.05, 0) is 31.4 Å². The van der Waals surface area contributed by atoms with E-state index in [0.717, 1.165) is 25.1 Å². The molecule has 0 fully saturated rings. The highest BCUT2D eigenvalue weighted by atomic mass is 32.2. The first-order chi connectivity index (χ1) is 11.0. The normalized spacial score (nSPS) is 15.1. The highest BCUT2D eigenvalue weighted by Crippen LogP contribution is 2.30. The highest BCUT2D eigenvalue weighted by molar-refractivity contribution is 8.00. The van der Waals surface area contributed by atoms with Crippen LogP contribution in [0, 0.1) is 0 Å². The Balaban J connectivity index is 1.78. The lowest BCUT2D eigenvalue weighted by Crippen LogP contribution is -2.40. The number of benzene rings is 1. The van der Waals surface area contributed by atoms with Gasteiger partial charge in [0, 0.05) is 18.3 Å². The SMILES string of the molecule is C[C@H](Sc1nc(N)cc(N)n1)C(=O)N1CCCc2ccccc21. The summed E-state index contributed by atoms with van der Waals surface area (Å²) in [6.07, 6.45) is 1.98. The Labute approximate surface area is 139 Å². The molecule has 0 aliphatic carbocycles. The first-order valence-electron chi connectivity index (χ1n) is 7.50. The van der Waals surface area contributed by atoms with Crippen molar-refractivity contribution in [1.82, 2.24) is 9.97 Å². The van der Waals surface area contributed by atoms with Gasteiger partial charge in [-0.15, -0.1) is 0 Å². The van der Waals surface area contributed by atoms with Crippen LogP contribution in [0.4, 0.5) is 17.3 Å². The summed E-state index contributed by atoms with van der Waals surface area (Å²) in [5, 5.41) is 0.107. The molecule has 2 heterocycles. The largest absolute Gasteiger partial charge is 0.383 e. The number of carbonyl (C=O) groups is 1. The molecule has 1 aliphatic rings. The summed E-state index contributed by atoms with van der Waals surface area (Å²) in [6.45, 7) is 2.59. The van der Waals surface area contributed by atoms with Gasteiger partial charge in [0.2, 0.25) is 5.91 Å². The van der Waals surface area contributed by atoms with Crippen LogP contribution >= 0.6 is 11.8 Å². The summed E-state index contributed by atoms with van der Waals surface area (Å²) in [5.74, 6) is 0.665. The number of carbonyl (C=O) groups excluding carboxylic acids is 1. The Bertz CT molecular complexity index is 716. The number of fused-ring (bicyclic) bond motifs is 1. The number of thioether (sulfide) groups is 1. The molecule has 4 N–H and O–H groups in total. The third kappa shape index (κ3) is 3.39. The van der Waals surface area contributed by atoms with Crippen LogP contribution in [-0.2, 0) is 11.2 Å². The molecular weight excluding hydrogens is 310 g/mol. The molecular formula is C16H19N5OS. The lowest BCUT2D eigenvalue weighted by atomic mass is 10.0. The molecule has 3 rings (SSSR count). The van der Waals surface area contributed by atoms with Crippen molar-refractivity contribution in [2.24, 2.45) is 0 Å². The Morgan fingerprint density at radius 1 is 1.26 bits per heavy atom. The van der Waals surface area contributed by atoms with Crippen LogP contribution in [0.1, 0.15) is 18.9 Å². The van der Waals surface area contributed by atoms with Crippen molar-refractivity contribution in [2.45, 2.75) is 30.2 Å². The molecule has 0 saturated carbocycles. The van der Waals surface area contributed by atoms with Gasteiger partial charge in [0.15, 0.2) is 5.16 Å². The summed E-state index contributed by atoms with van der Waals surface area (Å²) in [5.41, 5.74) is 13.6. The molecule has 6 nitrogen and oxygen atoms in total. The van der Waals surface area contributed by atoms with Crippen LogP contribution in [0.15, 0.2) is 35.5 Å². The molecule has 0 spiro atoms. The first kappa shape index (κ1) is 15.6. The van der Waals surface area contributed by atoms with Gasteiger partial charge in [0.05, 0.1) is 5.25 Å². The van der Waals surface area contributed by atoms with E-state index in [0.29, 0.717) is 16.8 Å². The highest BCUT2D eigenvalue weighted by Gasteiger charge is 2.27. The average Bonchev–Trinajstić information content (AvgIpc) is 2.52. The minimum Gasteiger partial charge on any atom is -0.383 e. The van der Waals surface area contributed by atoms with Gasteiger partial charge in [-0.1, -0.05) is 30.0 Å². The van der Waals surface area contributed by atoms with Gasteiger partial charge < -0.3 is 16.4 Å². The monoisotopic (exact) mass is 329 g/mol. The number of para-hydroxylation sites is 1. The zero-order valence-electron chi connectivity index (χ0n) is 12.9. The molecule has 1 aromatic carbocycles. The minimum absolute atomic E-state index is 0.0479. The van der Waals surface area contributed by atoms with Gasteiger partial charge in [-0.3, -0.25) is 4.79 Å². The van der Waals surface area contributed by atoms with Crippen molar-refractivity contribution >= 4 is 35.0 Å². The number of aromatic nitrogens is 2. The molecule has 1 atom stereocenters. The summed E-state index contributed by atoms with van der Waals surface area (Å²) in [7, 11) is 0. The summed E-state index contributed by atoms with van der Waals surface area (Å²) in [6, 6.07) is 9.54. The van der Waals surface area contributed by atoms with Crippen LogP contribution in [-0.4, -0.2) is 27.7 Å². The van der Waals surface area contributed by atoms with Crippen LogP contribution in [0.2, 0.25) is 0 Å². The molecule has 1 aromatic heterocycles. The Hall–Kier alpha value is -2.28. The van der Waals surface area contributed by atoms with Crippen LogP contribution in [0.25, 0.3) is 0 Å². The average molecular weight is 329 g/mol. The molecule has 0 bridgehead atoms. The number of nitrogen functional groups attached to an aromatic ring is 2. The van der Waals surface area contributed by atoms with E-state index in [1.54, 1.807) is 0 Å². The van der Waals surface area contributed by atoms with Crippen molar-refractivity contribution < 1.29 is 4.79 Å². The molecule has 0 radical (unpaired) electrons. The Morgan fingerprint density at radius 3 is 2.70 bits per heavy atom. The fourth-order valence-electron chi connectivity index (χ4n) is 2.71. The quantitative estimate of drug-likeness (QED) is 0.661. The van der Waals surface area contributed by atoms with E-state index >= 15 is 0 Å². The third-order valence-corrected chi connectivity index (χ3v) is 4.70. The fourth-order valence-corrected chi connectivity index (χ4v) is 3.57. The smallest absolute Gasteiger partial charge is 0.240 e. The van der Waals surface area contributed by atoms with E-state index in [1.807, 2.05) is 30.0 Å². The number of hydrogen-bond donors (Lipinski definition) is 2. The summed E-state index contributed by atoms with van der Waals surface area (Å²) in [4.78, 5) is 22.9. The van der Waals surface area contributed by atoms with Crippen molar-refractivity contribution in [3.63, 3.8) is 0 Å². The van der Waals surface area contributed by atoms with Crippen molar-refractivity contribution in [3.8, 4) is 0 Å². The number of aryl methyl sites for hydroxylation is 1. The molecule has 1 amide bonds. The zero-order valence-corrected chi connectivity index (χ0v) is 13.7. The number of hydrogen-bond acceptors (Lipinski definition) is 6. The number of amides is 1. The van der Waals surface area contributed by atoms with Crippen molar-refractivity contribution in [1.29, 1.82) is 0 Å². The van der Waals surface area contributed by atoms with Gasteiger partial charge in [-0.2, -0.15) is 0 Å². The van der Waals surface area contributed by atoms with Crippen LogP contribution in [0.5, 0.6) is 0 Å². The van der Waals surface area contributed by atoms with Crippen molar-refractivity contribution in [2.75, 3.05) is 22.9 Å². The standard InChI is InChI=1S/C16H19N5OS/c1-10(23-16-19-13(17)9-14(18)20-16)15(22)21-8-4-6-11-5-2-3-7-12(11)21/h2-3,5,7,9-10H,4,6,8H2,1H3,(H4,17,18,19,20)/t10-/m0/s1. The fraction of sp³-hybridized carbons (Fsp3) is 0.312.